The fraction of sp³-hybridized carbons (Fsp3) is 0.714. The lowest BCUT2D eigenvalue weighted by atomic mass is 10.3. The second-order valence-electron chi connectivity index (χ2n) is 2.19. The number of carbonyl (C=O) groups is 2. The van der Waals surface area contributed by atoms with Crippen molar-refractivity contribution in [2.45, 2.75) is 18.6 Å². The van der Waals surface area contributed by atoms with Gasteiger partial charge in [0.05, 0.1) is 18.1 Å². The van der Waals surface area contributed by atoms with E-state index in [9.17, 15) is 9.59 Å². The van der Waals surface area contributed by atoms with Gasteiger partial charge in [-0.25, -0.2) is 0 Å². The molecule has 0 aromatic carbocycles. The van der Waals surface area contributed by atoms with Crippen molar-refractivity contribution in [1.82, 2.24) is 0 Å². The first-order valence-corrected chi connectivity index (χ1v) is 4.64. The fourth-order valence-corrected chi connectivity index (χ4v) is 1.48. The lowest BCUT2D eigenvalue weighted by Gasteiger charge is -2.08. The standard InChI is InChI=1S/C7H13NO3S/c1-3-5(7(8)10)12-4-6(9)11-2/h5H,3-4H2,1-2H3,(H2,8,10). The minimum absolute atomic E-state index is 0.179. The maximum absolute atomic E-state index is 10.7. The van der Waals surface area contributed by atoms with E-state index in [1.807, 2.05) is 6.92 Å². The molecule has 70 valence electrons. The zero-order valence-electron chi connectivity index (χ0n) is 7.20. The topological polar surface area (TPSA) is 69.4 Å². The van der Waals surface area contributed by atoms with E-state index in [1.54, 1.807) is 0 Å². The summed E-state index contributed by atoms with van der Waals surface area (Å²) >= 11 is 1.21. The predicted molar refractivity (Wildman–Crippen MR) is 47.7 cm³/mol. The molecule has 1 amide bonds. The van der Waals surface area contributed by atoms with E-state index in [0.717, 1.165) is 0 Å². The van der Waals surface area contributed by atoms with E-state index in [-0.39, 0.29) is 22.9 Å². The number of nitrogens with two attached hydrogens (primary N) is 1. The number of hydrogen-bond acceptors (Lipinski definition) is 4. The third-order valence-corrected chi connectivity index (χ3v) is 2.69. The lowest BCUT2D eigenvalue weighted by Crippen LogP contribution is -2.26. The van der Waals surface area contributed by atoms with Crippen LogP contribution in [-0.4, -0.2) is 30.0 Å². The molecule has 0 saturated heterocycles. The van der Waals surface area contributed by atoms with Crippen molar-refractivity contribution in [1.29, 1.82) is 0 Å². The summed E-state index contributed by atoms with van der Waals surface area (Å²) in [7, 11) is 1.31. The fourth-order valence-electron chi connectivity index (χ4n) is 0.629. The average Bonchev–Trinajstić information content (AvgIpc) is 2.04. The van der Waals surface area contributed by atoms with Gasteiger partial charge in [-0.15, -0.1) is 11.8 Å². The van der Waals surface area contributed by atoms with Gasteiger partial charge in [0, 0.05) is 0 Å². The van der Waals surface area contributed by atoms with Crippen LogP contribution in [0.2, 0.25) is 0 Å². The van der Waals surface area contributed by atoms with Crippen LogP contribution < -0.4 is 5.73 Å². The molecule has 0 aliphatic carbocycles. The van der Waals surface area contributed by atoms with Crippen molar-refractivity contribution < 1.29 is 14.3 Å². The zero-order chi connectivity index (χ0) is 9.56. The van der Waals surface area contributed by atoms with Crippen molar-refractivity contribution >= 4 is 23.6 Å². The number of rotatable bonds is 5. The van der Waals surface area contributed by atoms with Gasteiger partial charge in [-0.3, -0.25) is 9.59 Å². The van der Waals surface area contributed by atoms with Crippen LogP contribution in [0.4, 0.5) is 0 Å². The van der Waals surface area contributed by atoms with Crippen LogP contribution in [0.1, 0.15) is 13.3 Å². The molecule has 12 heavy (non-hydrogen) atoms. The van der Waals surface area contributed by atoms with Gasteiger partial charge >= 0.3 is 5.97 Å². The maximum Gasteiger partial charge on any atom is 0.315 e. The highest BCUT2D eigenvalue weighted by Gasteiger charge is 2.14. The summed E-state index contributed by atoms with van der Waals surface area (Å²) in [5, 5.41) is -0.288. The Morgan fingerprint density at radius 2 is 2.17 bits per heavy atom. The number of carbonyl (C=O) groups excluding carboxylic acids is 2. The molecule has 0 radical (unpaired) electrons. The molecule has 0 spiro atoms. The molecule has 1 atom stereocenters. The first kappa shape index (κ1) is 11.3. The van der Waals surface area contributed by atoms with Crippen LogP contribution in [0, 0.1) is 0 Å². The summed E-state index contributed by atoms with van der Waals surface area (Å²) in [4.78, 5) is 21.3. The molecule has 0 bridgehead atoms. The van der Waals surface area contributed by atoms with Gasteiger partial charge in [0.15, 0.2) is 0 Å². The van der Waals surface area contributed by atoms with Crippen molar-refractivity contribution in [3.8, 4) is 0 Å². The van der Waals surface area contributed by atoms with Crippen LogP contribution in [0.3, 0.4) is 0 Å². The SMILES string of the molecule is CCC(SCC(=O)OC)C(N)=O. The quantitative estimate of drug-likeness (QED) is 0.628. The highest BCUT2D eigenvalue weighted by molar-refractivity contribution is 8.01. The molecule has 2 N–H and O–H groups in total. The summed E-state index contributed by atoms with van der Waals surface area (Å²) in [6, 6.07) is 0. The Morgan fingerprint density at radius 1 is 1.58 bits per heavy atom. The summed E-state index contributed by atoms with van der Waals surface area (Å²) in [5.74, 6) is -0.538. The Morgan fingerprint density at radius 3 is 2.50 bits per heavy atom. The second kappa shape index (κ2) is 5.88. The molecule has 0 aromatic heterocycles. The lowest BCUT2D eigenvalue weighted by molar-refractivity contribution is -0.137. The first-order chi connectivity index (χ1) is 5.61. The minimum atomic E-state index is -0.383. The Labute approximate surface area is 75.8 Å². The van der Waals surface area contributed by atoms with Crippen molar-refractivity contribution in [2.75, 3.05) is 12.9 Å². The van der Waals surface area contributed by atoms with Gasteiger partial charge in [0.2, 0.25) is 5.91 Å². The Hall–Kier alpha value is -0.710. The van der Waals surface area contributed by atoms with E-state index in [2.05, 4.69) is 4.74 Å². The molecule has 0 fully saturated rings. The molecule has 0 saturated carbocycles. The van der Waals surface area contributed by atoms with Crippen LogP contribution in [0.25, 0.3) is 0 Å². The highest BCUT2D eigenvalue weighted by atomic mass is 32.2. The van der Waals surface area contributed by atoms with E-state index < -0.39 is 0 Å². The Bertz CT molecular complexity index is 172. The third kappa shape index (κ3) is 4.23. The number of esters is 1. The van der Waals surface area contributed by atoms with Gasteiger partial charge < -0.3 is 10.5 Å². The number of amides is 1. The first-order valence-electron chi connectivity index (χ1n) is 3.59. The summed E-state index contributed by atoms with van der Waals surface area (Å²) in [6.07, 6.45) is 0.636. The van der Waals surface area contributed by atoms with E-state index >= 15 is 0 Å². The average molecular weight is 191 g/mol. The number of methoxy groups -OCH3 is 1. The van der Waals surface area contributed by atoms with E-state index in [1.165, 1.54) is 18.9 Å². The highest BCUT2D eigenvalue weighted by Crippen LogP contribution is 2.13. The van der Waals surface area contributed by atoms with Crippen molar-refractivity contribution in [3.63, 3.8) is 0 Å². The summed E-state index contributed by atoms with van der Waals surface area (Å²) in [6.45, 7) is 1.85. The maximum atomic E-state index is 10.7. The molecular formula is C7H13NO3S. The number of hydrogen-bond donors (Lipinski definition) is 1. The van der Waals surface area contributed by atoms with Gasteiger partial charge in [-0.1, -0.05) is 6.92 Å². The van der Waals surface area contributed by atoms with Gasteiger partial charge in [0.25, 0.3) is 0 Å². The Balaban J connectivity index is 3.73. The second-order valence-corrected chi connectivity index (χ2v) is 3.38. The van der Waals surface area contributed by atoms with Crippen LogP contribution in [-0.2, 0) is 14.3 Å². The normalized spacial score (nSPS) is 12.2. The van der Waals surface area contributed by atoms with E-state index in [4.69, 9.17) is 5.73 Å². The van der Waals surface area contributed by atoms with Crippen LogP contribution in [0.15, 0.2) is 0 Å². The third-order valence-electron chi connectivity index (χ3n) is 1.32. The summed E-state index contributed by atoms with van der Waals surface area (Å²) in [5.41, 5.74) is 5.06. The molecule has 0 rings (SSSR count). The Kier molecular flexibility index (Phi) is 5.53. The molecule has 4 nitrogen and oxygen atoms in total. The molecule has 0 aliphatic rings. The number of thioether (sulfide) groups is 1. The van der Waals surface area contributed by atoms with Crippen molar-refractivity contribution in [3.05, 3.63) is 0 Å². The summed E-state index contributed by atoms with van der Waals surface area (Å²) < 4.78 is 4.41. The monoisotopic (exact) mass is 191 g/mol. The van der Waals surface area contributed by atoms with Gasteiger partial charge in [-0.05, 0) is 6.42 Å². The zero-order valence-corrected chi connectivity index (χ0v) is 8.02. The smallest absolute Gasteiger partial charge is 0.315 e. The number of primary amides is 1. The van der Waals surface area contributed by atoms with Crippen LogP contribution >= 0.6 is 11.8 Å². The van der Waals surface area contributed by atoms with Crippen LogP contribution in [0.5, 0.6) is 0 Å². The molecule has 0 aromatic rings. The molecule has 5 heteroatoms. The van der Waals surface area contributed by atoms with Gasteiger partial charge in [-0.2, -0.15) is 0 Å². The predicted octanol–water partition coefficient (Wildman–Crippen LogP) is 0.157. The largest absolute Gasteiger partial charge is 0.468 e. The molecule has 0 heterocycles. The molecule has 0 aliphatic heterocycles. The minimum Gasteiger partial charge on any atom is -0.468 e. The molecular weight excluding hydrogens is 178 g/mol. The molecule has 1 unspecified atom stereocenters. The van der Waals surface area contributed by atoms with Gasteiger partial charge in [0.1, 0.15) is 0 Å². The van der Waals surface area contributed by atoms with Crippen molar-refractivity contribution in [2.24, 2.45) is 5.73 Å². The van der Waals surface area contributed by atoms with E-state index in [0.29, 0.717) is 6.42 Å². The number of ether oxygens (including phenoxy) is 1.